The predicted octanol–water partition coefficient (Wildman–Crippen LogP) is 2.29. The van der Waals surface area contributed by atoms with E-state index in [9.17, 15) is 8.42 Å². The second kappa shape index (κ2) is 4.68. The fourth-order valence-corrected chi connectivity index (χ4v) is 2.93. The highest BCUT2D eigenvalue weighted by molar-refractivity contribution is 8.13. The summed E-state index contributed by atoms with van der Waals surface area (Å²) in [4.78, 5) is 0. The first-order valence-electron chi connectivity index (χ1n) is 5.35. The number of aromatic nitrogens is 2. The van der Waals surface area contributed by atoms with Gasteiger partial charge in [-0.3, -0.25) is 0 Å². The van der Waals surface area contributed by atoms with Gasteiger partial charge in [0.25, 0.3) is 9.05 Å². The van der Waals surface area contributed by atoms with Gasteiger partial charge in [-0.15, -0.1) is 0 Å². The number of hydrogen-bond donors (Lipinski definition) is 0. The van der Waals surface area contributed by atoms with E-state index < -0.39 is 9.05 Å². The van der Waals surface area contributed by atoms with E-state index >= 15 is 0 Å². The summed E-state index contributed by atoms with van der Waals surface area (Å²) in [5.41, 5.74) is 2.30. The van der Waals surface area contributed by atoms with Crippen molar-refractivity contribution in [2.24, 2.45) is 0 Å². The van der Waals surface area contributed by atoms with Crippen molar-refractivity contribution in [3.8, 4) is 11.8 Å². The quantitative estimate of drug-likeness (QED) is 0.797. The van der Waals surface area contributed by atoms with E-state index in [4.69, 9.17) is 15.9 Å². The maximum Gasteiger partial charge on any atom is 0.280 e. The minimum Gasteiger partial charge on any atom is -0.219 e. The van der Waals surface area contributed by atoms with E-state index in [-0.39, 0.29) is 10.6 Å². The SMILES string of the molecule is Cc1ccc(C)c(-n2ncc(C#N)c2S(=O)(=O)Cl)c1. The molecule has 0 amide bonds. The molecule has 0 aliphatic rings. The Morgan fingerprint density at radius 1 is 1.37 bits per heavy atom. The number of rotatable bonds is 2. The number of aryl methyl sites for hydroxylation is 2. The second-order valence-corrected chi connectivity index (χ2v) is 6.60. The molecule has 19 heavy (non-hydrogen) atoms. The number of halogens is 1. The van der Waals surface area contributed by atoms with Crippen molar-refractivity contribution in [2.45, 2.75) is 18.9 Å². The summed E-state index contributed by atoms with van der Waals surface area (Å²) >= 11 is 0. The topological polar surface area (TPSA) is 75.8 Å². The van der Waals surface area contributed by atoms with Crippen LogP contribution in [0.3, 0.4) is 0 Å². The number of benzene rings is 1. The van der Waals surface area contributed by atoms with Crippen molar-refractivity contribution < 1.29 is 8.42 Å². The lowest BCUT2D eigenvalue weighted by molar-refractivity contribution is 0.599. The molecule has 1 aromatic heterocycles. The second-order valence-electron chi connectivity index (χ2n) is 4.11. The van der Waals surface area contributed by atoms with Gasteiger partial charge in [0, 0.05) is 10.7 Å². The molecule has 0 spiro atoms. The Bertz CT molecular complexity index is 788. The summed E-state index contributed by atoms with van der Waals surface area (Å²) in [5.74, 6) is 0. The smallest absolute Gasteiger partial charge is 0.219 e. The van der Waals surface area contributed by atoms with Crippen LogP contribution in [0.1, 0.15) is 16.7 Å². The minimum atomic E-state index is -4.06. The van der Waals surface area contributed by atoms with Crippen molar-refractivity contribution in [2.75, 3.05) is 0 Å². The Labute approximate surface area is 115 Å². The van der Waals surface area contributed by atoms with Crippen LogP contribution in [-0.2, 0) is 9.05 Å². The first kappa shape index (κ1) is 13.6. The van der Waals surface area contributed by atoms with Gasteiger partial charge >= 0.3 is 0 Å². The number of hydrogen-bond acceptors (Lipinski definition) is 4. The van der Waals surface area contributed by atoms with Crippen molar-refractivity contribution >= 4 is 19.7 Å². The Hall–Kier alpha value is -1.84. The van der Waals surface area contributed by atoms with Crippen LogP contribution in [0.25, 0.3) is 5.69 Å². The zero-order valence-electron chi connectivity index (χ0n) is 10.3. The average molecular weight is 296 g/mol. The molecule has 0 aliphatic carbocycles. The predicted molar refractivity (Wildman–Crippen MR) is 70.8 cm³/mol. The molecule has 0 N–H and O–H groups in total. The van der Waals surface area contributed by atoms with Crippen LogP contribution in [0.15, 0.2) is 29.4 Å². The number of nitrogens with zero attached hydrogens (tertiary/aromatic N) is 3. The standard InChI is InChI=1S/C12H10ClN3O2S/c1-8-3-4-9(2)11(5-8)16-12(19(13,17)18)10(6-14)7-15-16/h3-5,7H,1-2H3. The van der Waals surface area contributed by atoms with Crippen molar-refractivity contribution in [1.29, 1.82) is 5.26 Å². The summed E-state index contributed by atoms with van der Waals surface area (Å²) in [6, 6.07) is 7.32. The fraction of sp³-hybridized carbons (Fsp3) is 0.167. The van der Waals surface area contributed by atoms with Crippen molar-refractivity contribution in [3.63, 3.8) is 0 Å². The third-order valence-corrected chi connectivity index (χ3v) is 3.96. The van der Waals surface area contributed by atoms with Gasteiger partial charge in [0.1, 0.15) is 11.6 Å². The third kappa shape index (κ3) is 2.48. The van der Waals surface area contributed by atoms with E-state index in [1.807, 2.05) is 26.0 Å². The van der Waals surface area contributed by atoms with E-state index in [0.29, 0.717) is 5.69 Å². The van der Waals surface area contributed by atoms with Gasteiger partial charge < -0.3 is 0 Å². The monoisotopic (exact) mass is 295 g/mol. The molecule has 0 unspecified atom stereocenters. The zero-order chi connectivity index (χ0) is 14.2. The van der Waals surface area contributed by atoms with Gasteiger partial charge in [0.2, 0.25) is 0 Å². The van der Waals surface area contributed by atoms with Crippen LogP contribution in [-0.4, -0.2) is 18.2 Å². The van der Waals surface area contributed by atoms with Crippen molar-refractivity contribution in [3.05, 3.63) is 41.1 Å². The molecule has 0 atom stereocenters. The van der Waals surface area contributed by atoms with Crippen LogP contribution >= 0.6 is 10.7 Å². The lowest BCUT2D eigenvalue weighted by Crippen LogP contribution is -2.07. The molecular weight excluding hydrogens is 286 g/mol. The summed E-state index contributed by atoms with van der Waals surface area (Å²) in [7, 11) is 1.33. The molecule has 1 heterocycles. The van der Waals surface area contributed by atoms with Gasteiger partial charge in [0.15, 0.2) is 5.03 Å². The maximum absolute atomic E-state index is 11.6. The van der Waals surface area contributed by atoms with Gasteiger partial charge in [0.05, 0.1) is 11.9 Å². The van der Waals surface area contributed by atoms with E-state index in [1.165, 1.54) is 10.9 Å². The highest BCUT2D eigenvalue weighted by Crippen LogP contribution is 2.25. The molecule has 0 saturated heterocycles. The molecule has 2 aromatic rings. The highest BCUT2D eigenvalue weighted by atomic mass is 35.7. The first-order chi connectivity index (χ1) is 8.84. The van der Waals surface area contributed by atoms with Gasteiger partial charge in [-0.25, -0.2) is 13.1 Å². The van der Waals surface area contributed by atoms with Crippen LogP contribution in [0.2, 0.25) is 0 Å². The molecule has 0 radical (unpaired) electrons. The summed E-state index contributed by atoms with van der Waals surface area (Å²) in [5, 5.41) is 12.6. The molecule has 0 fully saturated rings. The average Bonchev–Trinajstić information content (AvgIpc) is 2.75. The summed E-state index contributed by atoms with van der Waals surface area (Å²) in [6.45, 7) is 3.71. The molecule has 1 aromatic carbocycles. The molecule has 2 rings (SSSR count). The normalized spacial score (nSPS) is 11.3. The molecule has 98 valence electrons. The molecule has 0 aliphatic heterocycles. The Morgan fingerprint density at radius 2 is 2.05 bits per heavy atom. The largest absolute Gasteiger partial charge is 0.280 e. The highest BCUT2D eigenvalue weighted by Gasteiger charge is 2.24. The zero-order valence-corrected chi connectivity index (χ0v) is 11.8. The summed E-state index contributed by atoms with van der Waals surface area (Å²) in [6.07, 6.45) is 1.19. The molecule has 0 bridgehead atoms. The molecule has 7 heteroatoms. The van der Waals surface area contributed by atoms with E-state index in [1.54, 1.807) is 12.1 Å². The van der Waals surface area contributed by atoms with Crippen molar-refractivity contribution in [1.82, 2.24) is 9.78 Å². The lowest BCUT2D eigenvalue weighted by atomic mass is 10.1. The molecule has 5 nitrogen and oxygen atoms in total. The minimum absolute atomic E-state index is 0.0732. The van der Waals surface area contributed by atoms with E-state index in [0.717, 1.165) is 11.1 Å². The number of nitriles is 1. The Balaban J connectivity index is 2.82. The molecular formula is C12H10ClN3O2S. The van der Waals surface area contributed by atoms with Crippen LogP contribution in [0.5, 0.6) is 0 Å². The summed E-state index contributed by atoms with van der Waals surface area (Å²) < 4.78 is 24.4. The van der Waals surface area contributed by atoms with Gasteiger partial charge in [-0.05, 0) is 31.0 Å². The van der Waals surface area contributed by atoms with Crippen LogP contribution in [0, 0.1) is 25.2 Å². The van der Waals surface area contributed by atoms with Gasteiger partial charge in [-0.1, -0.05) is 12.1 Å². The third-order valence-electron chi connectivity index (χ3n) is 2.67. The van der Waals surface area contributed by atoms with Crippen LogP contribution in [0.4, 0.5) is 0 Å². The molecule has 0 saturated carbocycles. The van der Waals surface area contributed by atoms with E-state index in [2.05, 4.69) is 5.10 Å². The maximum atomic E-state index is 11.6. The Morgan fingerprint density at radius 3 is 2.63 bits per heavy atom. The fourth-order valence-electron chi connectivity index (χ4n) is 1.77. The lowest BCUT2D eigenvalue weighted by Gasteiger charge is -2.09. The van der Waals surface area contributed by atoms with Gasteiger partial charge in [-0.2, -0.15) is 10.4 Å². The first-order valence-corrected chi connectivity index (χ1v) is 7.66. The Kier molecular flexibility index (Phi) is 3.35. The van der Waals surface area contributed by atoms with Crippen LogP contribution < -0.4 is 0 Å².